The summed E-state index contributed by atoms with van der Waals surface area (Å²) in [5.74, 6) is -0.395. The summed E-state index contributed by atoms with van der Waals surface area (Å²) in [4.78, 5) is 2.02. The zero-order valence-corrected chi connectivity index (χ0v) is 9.65. The molecule has 0 amide bonds. The van der Waals surface area contributed by atoms with E-state index in [0.717, 1.165) is 13.0 Å². The number of hydrogen-bond acceptors (Lipinski definition) is 3. The van der Waals surface area contributed by atoms with Crippen LogP contribution in [0.2, 0.25) is 0 Å². The van der Waals surface area contributed by atoms with E-state index in [9.17, 15) is 4.39 Å². The highest BCUT2D eigenvalue weighted by Gasteiger charge is 2.13. The van der Waals surface area contributed by atoms with E-state index in [1.807, 2.05) is 11.9 Å². The van der Waals surface area contributed by atoms with Gasteiger partial charge in [-0.05, 0) is 31.5 Å². The van der Waals surface area contributed by atoms with Crippen molar-refractivity contribution in [3.05, 3.63) is 29.6 Å². The molecule has 0 unspecified atom stereocenters. The average molecular weight is 225 g/mol. The van der Waals surface area contributed by atoms with Crippen LogP contribution >= 0.6 is 0 Å². The molecule has 0 bridgehead atoms. The van der Waals surface area contributed by atoms with Crippen LogP contribution < -0.4 is 5.46 Å². The van der Waals surface area contributed by atoms with Gasteiger partial charge < -0.3 is 14.9 Å². The Morgan fingerprint density at radius 2 is 2.06 bits per heavy atom. The normalized spacial score (nSPS) is 10.9. The van der Waals surface area contributed by atoms with Crippen molar-refractivity contribution in [1.29, 1.82) is 0 Å². The standard InChI is InChI=1S/C11H17BFNO2/c1-3-6-14(2)8-9-4-5-10(12(15)16)7-11(9)13/h4-5,7,15-16H,3,6,8H2,1-2H3. The van der Waals surface area contributed by atoms with Crippen molar-refractivity contribution >= 4 is 12.6 Å². The van der Waals surface area contributed by atoms with Gasteiger partial charge in [-0.1, -0.05) is 19.1 Å². The average Bonchev–Trinajstić information content (AvgIpc) is 2.21. The number of nitrogens with zero attached hydrogens (tertiary/aromatic N) is 1. The molecule has 0 heterocycles. The van der Waals surface area contributed by atoms with Crippen molar-refractivity contribution in [3.8, 4) is 0 Å². The summed E-state index contributed by atoms with van der Waals surface area (Å²) in [5.41, 5.74) is 0.750. The molecule has 88 valence electrons. The summed E-state index contributed by atoms with van der Waals surface area (Å²) in [6.45, 7) is 3.50. The first-order chi connectivity index (χ1) is 7.54. The predicted molar refractivity (Wildman–Crippen MR) is 62.9 cm³/mol. The van der Waals surface area contributed by atoms with Gasteiger partial charge in [-0.2, -0.15) is 0 Å². The third-order valence-corrected chi connectivity index (χ3v) is 2.42. The van der Waals surface area contributed by atoms with Gasteiger partial charge in [0.1, 0.15) is 5.82 Å². The van der Waals surface area contributed by atoms with Crippen LogP contribution in [0.5, 0.6) is 0 Å². The molecule has 0 saturated carbocycles. The molecule has 0 aliphatic rings. The molecule has 5 heteroatoms. The molecule has 0 saturated heterocycles. The van der Waals surface area contributed by atoms with E-state index in [4.69, 9.17) is 10.0 Å². The topological polar surface area (TPSA) is 43.7 Å². The zero-order valence-electron chi connectivity index (χ0n) is 9.65. The van der Waals surface area contributed by atoms with Gasteiger partial charge in [0.25, 0.3) is 0 Å². The van der Waals surface area contributed by atoms with E-state index in [0.29, 0.717) is 12.1 Å². The minimum Gasteiger partial charge on any atom is -0.423 e. The Morgan fingerprint density at radius 3 is 2.56 bits per heavy atom. The molecule has 0 aromatic heterocycles. The van der Waals surface area contributed by atoms with Crippen LogP contribution in [0.3, 0.4) is 0 Å². The molecule has 0 aliphatic heterocycles. The van der Waals surface area contributed by atoms with Crippen LogP contribution in [-0.4, -0.2) is 35.7 Å². The fraction of sp³-hybridized carbons (Fsp3) is 0.455. The number of benzene rings is 1. The zero-order chi connectivity index (χ0) is 12.1. The SMILES string of the molecule is CCCN(C)Cc1ccc(B(O)O)cc1F. The summed E-state index contributed by atoms with van der Waals surface area (Å²) in [6, 6.07) is 4.29. The van der Waals surface area contributed by atoms with Crippen LogP contribution in [-0.2, 0) is 6.54 Å². The molecule has 3 nitrogen and oxygen atoms in total. The Morgan fingerprint density at radius 1 is 1.38 bits per heavy atom. The lowest BCUT2D eigenvalue weighted by atomic mass is 9.80. The molecule has 1 aromatic carbocycles. The van der Waals surface area contributed by atoms with Gasteiger partial charge in [0.15, 0.2) is 0 Å². The van der Waals surface area contributed by atoms with Crippen molar-refractivity contribution in [1.82, 2.24) is 4.90 Å². The number of hydrogen-bond donors (Lipinski definition) is 2. The largest absolute Gasteiger partial charge is 0.488 e. The molecule has 0 radical (unpaired) electrons. The lowest BCUT2D eigenvalue weighted by Crippen LogP contribution is -2.30. The number of rotatable bonds is 5. The van der Waals surface area contributed by atoms with E-state index in [1.54, 1.807) is 6.07 Å². The lowest BCUT2D eigenvalue weighted by molar-refractivity contribution is 0.322. The van der Waals surface area contributed by atoms with Crippen molar-refractivity contribution in [2.75, 3.05) is 13.6 Å². The maximum Gasteiger partial charge on any atom is 0.488 e. The minimum atomic E-state index is -1.61. The van der Waals surface area contributed by atoms with Crippen LogP contribution in [0.1, 0.15) is 18.9 Å². The molecule has 0 atom stereocenters. The fourth-order valence-corrected chi connectivity index (χ4v) is 1.60. The van der Waals surface area contributed by atoms with Crippen LogP contribution in [0.25, 0.3) is 0 Å². The summed E-state index contributed by atoms with van der Waals surface area (Å²) in [7, 11) is 0.314. The van der Waals surface area contributed by atoms with Gasteiger partial charge in [0.05, 0.1) is 0 Å². The van der Waals surface area contributed by atoms with E-state index >= 15 is 0 Å². The van der Waals surface area contributed by atoms with E-state index in [-0.39, 0.29) is 5.46 Å². The molecule has 0 fully saturated rings. The fourth-order valence-electron chi connectivity index (χ4n) is 1.60. The highest BCUT2D eigenvalue weighted by Crippen LogP contribution is 2.08. The first-order valence-corrected chi connectivity index (χ1v) is 5.37. The molecule has 2 N–H and O–H groups in total. The van der Waals surface area contributed by atoms with E-state index in [2.05, 4.69) is 6.92 Å². The maximum atomic E-state index is 13.6. The van der Waals surface area contributed by atoms with Crippen LogP contribution in [0.4, 0.5) is 4.39 Å². The lowest BCUT2D eigenvalue weighted by Gasteiger charge is -2.16. The van der Waals surface area contributed by atoms with Crippen molar-refractivity contribution in [2.45, 2.75) is 19.9 Å². The maximum absolute atomic E-state index is 13.6. The molecule has 1 rings (SSSR count). The van der Waals surface area contributed by atoms with Crippen LogP contribution in [0.15, 0.2) is 18.2 Å². The van der Waals surface area contributed by atoms with Crippen LogP contribution in [0, 0.1) is 5.82 Å². The second kappa shape index (κ2) is 5.99. The highest BCUT2D eigenvalue weighted by molar-refractivity contribution is 6.58. The Labute approximate surface area is 95.7 Å². The highest BCUT2D eigenvalue weighted by atomic mass is 19.1. The summed E-state index contributed by atoms with van der Waals surface area (Å²) in [5, 5.41) is 17.8. The molecule has 1 aromatic rings. The Balaban J connectivity index is 2.75. The molecular weight excluding hydrogens is 208 g/mol. The molecule has 0 spiro atoms. The molecular formula is C11H17BFNO2. The van der Waals surface area contributed by atoms with Crippen molar-refractivity contribution in [3.63, 3.8) is 0 Å². The summed E-state index contributed by atoms with van der Waals surface area (Å²) >= 11 is 0. The van der Waals surface area contributed by atoms with Gasteiger partial charge in [-0.25, -0.2) is 4.39 Å². The Bertz CT molecular complexity index is 347. The summed E-state index contributed by atoms with van der Waals surface area (Å²) < 4.78 is 13.6. The minimum absolute atomic E-state index is 0.180. The van der Waals surface area contributed by atoms with Gasteiger partial charge in [-0.15, -0.1) is 0 Å². The Hall–Kier alpha value is -0.905. The first-order valence-electron chi connectivity index (χ1n) is 5.37. The van der Waals surface area contributed by atoms with Gasteiger partial charge in [-0.3, -0.25) is 0 Å². The smallest absolute Gasteiger partial charge is 0.423 e. The first kappa shape index (κ1) is 13.2. The predicted octanol–water partition coefficient (Wildman–Crippen LogP) is 0.347. The molecule has 0 aliphatic carbocycles. The van der Waals surface area contributed by atoms with E-state index in [1.165, 1.54) is 12.1 Å². The summed E-state index contributed by atoms with van der Waals surface area (Å²) in [6.07, 6.45) is 1.02. The van der Waals surface area contributed by atoms with Gasteiger partial charge >= 0.3 is 7.12 Å². The van der Waals surface area contributed by atoms with Gasteiger partial charge in [0, 0.05) is 12.1 Å². The quantitative estimate of drug-likeness (QED) is 0.710. The Kier molecular flexibility index (Phi) is 4.92. The second-order valence-corrected chi connectivity index (χ2v) is 3.96. The van der Waals surface area contributed by atoms with E-state index < -0.39 is 12.9 Å². The van der Waals surface area contributed by atoms with Gasteiger partial charge in [0.2, 0.25) is 0 Å². The third kappa shape index (κ3) is 3.59. The second-order valence-electron chi connectivity index (χ2n) is 3.96. The van der Waals surface area contributed by atoms with Crippen molar-refractivity contribution in [2.24, 2.45) is 0 Å². The third-order valence-electron chi connectivity index (χ3n) is 2.42. The van der Waals surface area contributed by atoms with Crippen molar-refractivity contribution < 1.29 is 14.4 Å². The monoisotopic (exact) mass is 225 g/mol. The molecule has 16 heavy (non-hydrogen) atoms. The number of halogens is 1.